The smallest absolute Gasteiger partial charge is 0 e. The van der Waals surface area contributed by atoms with Crippen LogP contribution < -0.4 is 0 Å². The third-order valence-corrected chi connectivity index (χ3v) is 6.86. The molecule has 4 aromatic rings. The van der Waals surface area contributed by atoms with Gasteiger partial charge in [0.1, 0.15) is 0 Å². The molecule has 0 nitrogen and oxygen atoms in total. The molecule has 4 aromatic carbocycles. The van der Waals surface area contributed by atoms with Crippen LogP contribution in [-0.2, 0) is 32.6 Å². The molecule has 0 radical (unpaired) electrons. The molecule has 0 atom stereocenters. The van der Waals surface area contributed by atoms with Gasteiger partial charge in [-0.1, -0.05) is 74.2 Å². The fourth-order valence-corrected chi connectivity index (χ4v) is 5.22. The van der Waals surface area contributed by atoms with Gasteiger partial charge in [0.25, 0.3) is 0 Å². The van der Waals surface area contributed by atoms with Crippen molar-refractivity contribution in [3.05, 3.63) is 78.4 Å². The Balaban J connectivity index is 0.00000192. The second-order valence-corrected chi connectivity index (χ2v) is 8.47. The molecule has 1 saturated carbocycles. The number of rotatable bonds is 4. The third kappa shape index (κ3) is 3.55. The van der Waals surface area contributed by atoms with Crippen LogP contribution >= 0.6 is 0 Å². The Bertz CT molecular complexity index is 1100. The van der Waals surface area contributed by atoms with Crippen molar-refractivity contribution in [2.75, 3.05) is 0 Å². The molecule has 0 spiro atoms. The van der Waals surface area contributed by atoms with Crippen molar-refractivity contribution in [3.63, 3.8) is 0 Å². The SMILES string of the molecule is CCC1(Cc2cc3c(-c4ccc5ccccc5c4)cccc3[cH-]2)CCCC1.[Zr]. The van der Waals surface area contributed by atoms with E-state index in [1.807, 2.05) is 0 Å². The van der Waals surface area contributed by atoms with Crippen LogP contribution in [0.4, 0.5) is 0 Å². The Morgan fingerprint density at radius 1 is 0.857 bits per heavy atom. The first kappa shape index (κ1) is 19.7. The van der Waals surface area contributed by atoms with Crippen molar-refractivity contribution < 1.29 is 26.2 Å². The van der Waals surface area contributed by atoms with Gasteiger partial charge in [-0.2, -0.15) is 6.07 Å². The molecule has 0 heterocycles. The molecule has 140 valence electrons. The van der Waals surface area contributed by atoms with Gasteiger partial charge < -0.3 is 0 Å². The summed E-state index contributed by atoms with van der Waals surface area (Å²) >= 11 is 0. The van der Waals surface area contributed by atoms with Crippen LogP contribution in [-0.4, -0.2) is 0 Å². The van der Waals surface area contributed by atoms with E-state index in [4.69, 9.17) is 0 Å². The van der Waals surface area contributed by atoms with E-state index in [1.54, 1.807) is 0 Å². The van der Waals surface area contributed by atoms with Crippen LogP contribution in [0.3, 0.4) is 0 Å². The Morgan fingerprint density at radius 3 is 2.43 bits per heavy atom. The van der Waals surface area contributed by atoms with E-state index in [2.05, 4.69) is 79.7 Å². The molecule has 0 amide bonds. The Kier molecular flexibility index (Phi) is 5.66. The molecular weight excluding hydrogens is 416 g/mol. The summed E-state index contributed by atoms with van der Waals surface area (Å²) in [6.07, 6.45) is 8.19. The molecule has 0 aliphatic heterocycles. The summed E-state index contributed by atoms with van der Waals surface area (Å²) in [5.74, 6) is 0. The number of fused-ring (bicyclic) bond motifs is 2. The van der Waals surface area contributed by atoms with Crippen molar-refractivity contribution >= 4 is 21.5 Å². The summed E-state index contributed by atoms with van der Waals surface area (Å²) in [5, 5.41) is 5.42. The van der Waals surface area contributed by atoms with E-state index >= 15 is 0 Å². The average Bonchev–Trinajstić information content (AvgIpc) is 3.34. The van der Waals surface area contributed by atoms with Gasteiger partial charge >= 0.3 is 0 Å². The molecule has 0 saturated heterocycles. The maximum absolute atomic E-state index is 2.47. The Morgan fingerprint density at radius 2 is 1.64 bits per heavy atom. The summed E-state index contributed by atoms with van der Waals surface area (Å²) in [4.78, 5) is 0. The van der Waals surface area contributed by atoms with Crippen molar-refractivity contribution in [1.29, 1.82) is 0 Å². The molecule has 1 aliphatic carbocycles. The molecule has 0 N–H and O–H groups in total. The van der Waals surface area contributed by atoms with Crippen LogP contribution in [0.25, 0.3) is 32.7 Å². The molecule has 1 aliphatic rings. The summed E-state index contributed by atoms with van der Waals surface area (Å²) in [5.41, 5.74) is 4.76. The van der Waals surface area contributed by atoms with E-state index in [9.17, 15) is 0 Å². The summed E-state index contributed by atoms with van der Waals surface area (Å²) in [7, 11) is 0. The number of hydrogen-bond acceptors (Lipinski definition) is 0. The van der Waals surface area contributed by atoms with Gasteiger partial charge in [-0.05, 0) is 47.1 Å². The van der Waals surface area contributed by atoms with Gasteiger partial charge in [0, 0.05) is 26.2 Å². The Labute approximate surface area is 187 Å². The van der Waals surface area contributed by atoms with E-state index in [0.717, 1.165) is 0 Å². The number of benzene rings is 3. The normalized spacial score (nSPS) is 15.8. The monoisotopic (exact) mass is 441 g/mol. The zero-order chi connectivity index (χ0) is 18.3. The molecule has 28 heavy (non-hydrogen) atoms. The minimum atomic E-state index is 0. The average molecular weight is 443 g/mol. The predicted molar refractivity (Wildman–Crippen MR) is 117 cm³/mol. The van der Waals surface area contributed by atoms with Crippen LogP contribution in [0, 0.1) is 5.41 Å². The summed E-state index contributed by atoms with van der Waals surface area (Å²) in [6, 6.07) is 27.2. The molecule has 5 rings (SSSR count). The minimum absolute atomic E-state index is 0. The molecule has 1 heteroatoms. The van der Waals surface area contributed by atoms with Crippen molar-refractivity contribution in [2.24, 2.45) is 5.41 Å². The van der Waals surface area contributed by atoms with Crippen LogP contribution in [0.1, 0.15) is 44.6 Å². The van der Waals surface area contributed by atoms with Gasteiger partial charge in [0.15, 0.2) is 0 Å². The zero-order valence-corrected chi connectivity index (χ0v) is 19.1. The standard InChI is InChI=1S/C27H27.Zr/c1-2-27(14-5-6-15-27)19-20-16-23-10-7-11-25(26(23)17-20)24-13-12-21-8-3-4-9-22(21)18-24;/h3-4,7-13,16-18H,2,5-6,14-15,19H2,1H3;/q-1;. The summed E-state index contributed by atoms with van der Waals surface area (Å²) in [6.45, 7) is 2.38. The first-order valence-corrected chi connectivity index (χ1v) is 10.4. The minimum Gasteiger partial charge on any atom is -0.164 e. The first-order valence-electron chi connectivity index (χ1n) is 10.4. The second-order valence-electron chi connectivity index (χ2n) is 8.47. The van der Waals surface area contributed by atoms with E-state index in [0.29, 0.717) is 5.41 Å². The number of hydrogen-bond donors (Lipinski definition) is 0. The van der Waals surface area contributed by atoms with Crippen LogP contribution in [0.2, 0.25) is 0 Å². The molecular formula is C27H27Zr-. The molecule has 0 unspecified atom stereocenters. The zero-order valence-electron chi connectivity index (χ0n) is 16.7. The van der Waals surface area contributed by atoms with Crippen molar-refractivity contribution in [1.82, 2.24) is 0 Å². The molecule has 0 bridgehead atoms. The fourth-order valence-electron chi connectivity index (χ4n) is 5.22. The van der Waals surface area contributed by atoms with Crippen molar-refractivity contribution in [3.8, 4) is 11.1 Å². The van der Waals surface area contributed by atoms with E-state index < -0.39 is 0 Å². The van der Waals surface area contributed by atoms with E-state index in [-0.39, 0.29) is 26.2 Å². The fraction of sp³-hybridized carbons (Fsp3) is 0.296. The van der Waals surface area contributed by atoms with Crippen LogP contribution in [0.5, 0.6) is 0 Å². The molecule has 1 fully saturated rings. The quantitative estimate of drug-likeness (QED) is 0.282. The van der Waals surface area contributed by atoms with Gasteiger partial charge in [0.05, 0.1) is 0 Å². The topological polar surface area (TPSA) is 0 Å². The van der Waals surface area contributed by atoms with Gasteiger partial charge in [-0.25, -0.2) is 0 Å². The third-order valence-electron chi connectivity index (χ3n) is 6.86. The first-order chi connectivity index (χ1) is 13.3. The van der Waals surface area contributed by atoms with Gasteiger partial charge in [-0.15, -0.1) is 34.5 Å². The van der Waals surface area contributed by atoms with Crippen LogP contribution in [0.15, 0.2) is 72.8 Å². The largest absolute Gasteiger partial charge is 0.164 e. The van der Waals surface area contributed by atoms with Crippen molar-refractivity contribution in [2.45, 2.75) is 45.4 Å². The van der Waals surface area contributed by atoms with Gasteiger partial charge in [-0.3, -0.25) is 0 Å². The maximum atomic E-state index is 2.47. The maximum Gasteiger partial charge on any atom is 0 e. The second kappa shape index (κ2) is 8.04. The van der Waals surface area contributed by atoms with E-state index in [1.165, 1.54) is 76.8 Å². The van der Waals surface area contributed by atoms with Gasteiger partial charge in [0.2, 0.25) is 0 Å². The predicted octanol–water partition coefficient (Wildman–Crippen LogP) is 7.89. The molecule has 0 aromatic heterocycles. The summed E-state index contributed by atoms with van der Waals surface area (Å²) < 4.78 is 0. The Hall–Kier alpha value is -1.59.